The number of aryl methyl sites for hydroxylation is 2. The molecule has 0 saturated carbocycles. The molecule has 0 aliphatic heterocycles. The second kappa shape index (κ2) is 5.88. The molecule has 0 unspecified atom stereocenters. The van der Waals surface area contributed by atoms with Gasteiger partial charge in [0.1, 0.15) is 0 Å². The summed E-state index contributed by atoms with van der Waals surface area (Å²) in [6, 6.07) is 9.31. The maximum Gasteiger partial charge on any atom is 0 e. The second-order valence-electron chi connectivity index (χ2n) is 2.02. The zero-order valence-corrected chi connectivity index (χ0v) is 10.0. The Morgan fingerprint density at radius 3 is 1.70 bits per heavy atom. The summed E-state index contributed by atoms with van der Waals surface area (Å²) < 4.78 is 0. The van der Waals surface area contributed by atoms with E-state index in [1.165, 1.54) is 11.1 Å². The van der Waals surface area contributed by atoms with E-state index in [1.807, 2.05) is 32.0 Å². The molecule has 0 aromatic heterocycles. The van der Waals surface area contributed by atoms with Crippen LogP contribution in [-0.4, -0.2) is 0 Å². The first-order valence-corrected chi connectivity index (χ1v) is 2.74. The van der Waals surface area contributed by atoms with Gasteiger partial charge >= 0.3 is 0 Å². The number of hydrogen-bond donors (Lipinski definition) is 0. The van der Waals surface area contributed by atoms with E-state index in [-0.39, 0.29) is 31.9 Å². The van der Waals surface area contributed by atoms with Crippen molar-refractivity contribution in [2.75, 3.05) is 0 Å². The molecule has 0 nitrogen and oxygen atoms in total. The van der Waals surface area contributed by atoms with Crippen LogP contribution in [0.15, 0.2) is 18.2 Å². The van der Waals surface area contributed by atoms with Crippen LogP contribution in [0.1, 0.15) is 11.1 Å². The van der Waals surface area contributed by atoms with Gasteiger partial charge in [0.15, 0.2) is 0 Å². The molecule has 0 aliphatic carbocycles. The van der Waals surface area contributed by atoms with Crippen molar-refractivity contribution in [1.82, 2.24) is 0 Å². The van der Waals surface area contributed by atoms with Crippen molar-refractivity contribution < 1.29 is 31.9 Å². The predicted octanol–water partition coefficient (Wildman–Crippen LogP) is -0.895. The molecule has 0 saturated heterocycles. The van der Waals surface area contributed by atoms with Crippen LogP contribution in [-0.2, 0) is 19.5 Å². The van der Waals surface area contributed by atoms with E-state index >= 15 is 0 Å². The molecule has 2 heteroatoms. The van der Waals surface area contributed by atoms with Crippen LogP contribution in [0.3, 0.4) is 0 Å². The predicted molar refractivity (Wildman–Crippen MR) is 34.8 cm³/mol. The first-order valence-electron chi connectivity index (χ1n) is 2.74. The Morgan fingerprint density at radius 1 is 1.10 bits per heavy atom. The molecule has 0 N–H and O–H groups in total. The van der Waals surface area contributed by atoms with Crippen molar-refractivity contribution in [3.8, 4) is 0 Å². The van der Waals surface area contributed by atoms with Crippen LogP contribution in [0.25, 0.3) is 0 Å². The van der Waals surface area contributed by atoms with Crippen molar-refractivity contribution in [3.63, 3.8) is 0 Å². The van der Waals surface area contributed by atoms with Crippen molar-refractivity contribution in [2.45, 2.75) is 13.8 Å². The molecule has 0 atom stereocenters. The van der Waals surface area contributed by atoms with Crippen LogP contribution in [0, 0.1) is 19.9 Å². The molecular formula is C8H9ClZn-. The van der Waals surface area contributed by atoms with Crippen molar-refractivity contribution in [3.05, 3.63) is 35.4 Å². The Balaban J connectivity index is 0. The summed E-state index contributed by atoms with van der Waals surface area (Å²) in [5, 5.41) is 0. The number of rotatable bonds is 0. The molecule has 0 fully saturated rings. The van der Waals surface area contributed by atoms with Gasteiger partial charge in [-0.1, -0.05) is 18.2 Å². The first-order chi connectivity index (χ1) is 3.79. The van der Waals surface area contributed by atoms with Crippen LogP contribution in [0.2, 0.25) is 0 Å². The third-order valence-corrected chi connectivity index (χ3v) is 1.09. The largest absolute Gasteiger partial charge is 1.00 e. The van der Waals surface area contributed by atoms with E-state index in [0.29, 0.717) is 0 Å². The molecular weight excluding hydrogens is 197 g/mol. The summed E-state index contributed by atoms with van der Waals surface area (Å²) in [4.78, 5) is 0. The van der Waals surface area contributed by atoms with Gasteiger partial charge < -0.3 is 12.4 Å². The average molecular weight is 206 g/mol. The van der Waals surface area contributed by atoms with Gasteiger partial charge in [0, 0.05) is 19.5 Å². The van der Waals surface area contributed by atoms with Crippen LogP contribution < -0.4 is 12.4 Å². The first kappa shape index (κ1) is 12.8. The third kappa shape index (κ3) is 4.03. The van der Waals surface area contributed by atoms with E-state index in [0.717, 1.165) is 0 Å². The van der Waals surface area contributed by atoms with Crippen molar-refractivity contribution in [1.29, 1.82) is 0 Å². The minimum absolute atomic E-state index is 0. The van der Waals surface area contributed by atoms with Gasteiger partial charge in [-0.3, -0.25) is 0 Å². The Hall–Kier alpha value is 0.133. The fourth-order valence-electron chi connectivity index (χ4n) is 0.731. The summed E-state index contributed by atoms with van der Waals surface area (Å²) in [6.07, 6.45) is 0. The molecule has 0 aliphatic rings. The van der Waals surface area contributed by atoms with Crippen LogP contribution in [0.4, 0.5) is 0 Å². The van der Waals surface area contributed by atoms with Gasteiger partial charge in [-0.2, -0.15) is 0 Å². The Morgan fingerprint density at radius 2 is 1.50 bits per heavy atom. The van der Waals surface area contributed by atoms with E-state index < -0.39 is 0 Å². The van der Waals surface area contributed by atoms with Gasteiger partial charge in [0.2, 0.25) is 0 Å². The maximum absolute atomic E-state index is 3.17. The topological polar surface area (TPSA) is 0 Å². The van der Waals surface area contributed by atoms with Crippen molar-refractivity contribution >= 4 is 0 Å². The summed E-state index contributed by atoms with van der Waals surface area (Å²) in [6.45, 7) is 4.10. The molecule has 0 bridgehead atoms. The molecule has 1 radical (unpaired) electrons. The van der Waals surface area contributed by atoms with Crippen molar-refractivity contribution in [2.24, 2.45) is 0 Å². The van der Waals surface area contributed by atoms with Gasteiger partial charge in [-0.25, -0.2) is 0 Å². The molecule has 1 aromatic carbocycles. The Bertz CT molecular complexity index is 169. The normalized spacial score (nSPS) is 7.40. The Labute approximate surface area is 81.2 Å². The molecule has 0 spiro atoms. The van der Waals surface area contributed by atoms with E-state index in [1.54, 1.807) is 0 Å². The zero-order valence-electron chi connectivity index (χ0n) is 6.32. The fourth-order valence-corrected chi connectivity index (χ4v) is 0.731. The van der Waals surface area contributed by atoms with E-state index in [4.69, 9.17) is 0 Å². The van der Waals surface area contributed by atoms with Crippen LogP contribution >= 0.6 is 0 Å². The average Bonchev–Trinajstić information content (AvgIpc) is 1.64. The summed E-state index contributed by atoms with van der Waals surface area (Å²) in [5.41, 5.74) is 2.43. The van der Waals surface area contributed by atoms with Crippen LogP contribution in [0.5, 0.6) is 0 Å². The standard InChI is InChI=1S/C8H9.ClH.Zn/c1-7-4-3-5-8(2)6-7;;/h3-5H,1-2H3;1H;/p-1. The molecule has 0 amide bonds. The van der Waals surface area contributed by atoms with E-state index in [9.17, 15) is 0 Å². The summed E-state index contributed by atoms with van der Waals surface area (Å²) in [5.74, 6) is 0. The molecule has 51 valence electrons. The minimum Gasteiger partial charge on any atom is -1.00 e. The second-order valence-corrected chi connectivity index (χ2v) is 2.02. The van der Waals surface area contributed by atoms with Gasteiger partial charge in [-0.05, 0) is 31.0 Å². The SMILES string of the molecule is Cc1[c]c(C)ccc1.[Cl-].[Zn]. The Kier molecular flexibility index (Phi) is 7.52. The number of benzene rings is 1. The smallest absolute Gasteiger partial charge is 0 e. The van der Waals surface area contributed by atoms with Gasteiger partial charge in [0.05, 0.1) is 0 Å². The maximum atomic E-state index is 3.17. The quantitative estimate of drug-likeness (QED) is 0.483. The monoisotopic (exact) mass is 204 g/mol. The minimum atomic E-state index is 0. The third-order valence-electron chi connectivity index (χ3n) is 1.09. The zero-order chi connectivity index (χ0) is 5.98. The number of halogens is 1. The summed E-state index contributed by atoms with van der Waals surface area (Å²) in [7, 11) is 0. The van der Waals surface area contributed by atoms with E-state index in [2.05, 4.69) is 6.07 Å². The molecule has 10 heavy (non-hydrogen) atoms. The number of hydrogen-bond acceptors (Lipinski definition) is 0. The fraction of sp³-hybridized carbons (Fsp3) is 0.250. The molecule has 1 aromatic rings. The molecule has 1 rings (SSSR count). The molecule has 0 heterocycles. The van der Waals surface area contributed by atoms with Gasteiger partial charge in [0.25, 0.3) is 0 Å². The van der Waals surface area contributed by atoms with Gasteiger partial charge in [-0.15, -0.1) is 0 Å². The summed E-state index contributed by atoms with van der Waals surface area (Å²) >= 11 is 0.